The fraction of sp³-hybridized carbons (Fsp3) is 0.588. The Kier molecular flexibility index (Phi) is 3.23. The van der Waals surface area contributed by atoms with Crippen molar-refractivity contribution in [2.75, 3.05) is 0 Å². The van der Waals surface area contributed by atoms with E-state index in [2.05, 4.69) is 24.0 Å². The number of hydrogen-bond acceptors (Lipinski definition) is 1. The van der Waals surface area contributed by atoms with Crippen LogP contribution in [-0.4, -0.2) is 4.98 Å². The molecule has 1 aromatic rings. The van der Waals surface area contributed by atoms with E-state index >= 15 is 0 Å². The highest BCUT2D eigenvalue weighted by Crippen LogP contribution is 2.62. The molecular weight excluding hydrogens is 218 g/mol. The predicted octanol–water partition coefficient (Wildman–Crippen LogP) is 4.99. The SMILES string of the molecule is CCCCCC1=C(c2ccncc2)CC2(CC2)C1. The summed E-state index contributed by atoms with van der Waals surface area (Å²) in [6, 6.07) is 4.38. The number of unbranched alkanes of at least 4 members (excludes halogenated alkanes) is 2. The molecule has 1 saturated carbocycles. The molecule has 18 heavy (non-hydrogen) atoms. The van der Waals surface area contributed by atoms with E-state index < -0.39 is 0 Å². The summed E-state index contributed by atoms with van der Waals surface area (Å²) in [4.78, 5) is 4.15. The lowest BCUT2D eigenvalue weighted by Gasteiger charge is -2.07. The maximum absolute atomic E-state index is 4.15. The zero-order chi connectivity index (χ0) is 12.4. The van der Waals surface area contributed by atoms with Crippen molar-refractivity contribution in [2.45, 2.75) is 58.3 Å². The zero-order valence-electron chi connectivity index (χ0n) is 11.4. The monoisotopic (exact) mass is 241 g/mol. The molecule has 1 nitrogen and oxygen atoms in total. The molecule has 0 aliphatic heterocycles. The molecular formula is C17H23N. The fourth-order valence-corrected chi connectivity index (χ4v) is 3.34. The highest BCUT2D eigenvalue weighted by Gasteiger charge is 2.47. The maximum Gasteiger partial charge on any atom is 0.0273 e. The van der Waals surface area contributed by atoms with Gasteiger partial charge in [0, 0.05) is 12.4 Å². The number of aromatic nitrogens is 1. The normalized spacial score (nSPS) is 20.7. The van der Waals surface area contributed by atoms with Crippen LogP contribution < -0.4 is 0 Å². The minimum atomic E-state index is 0.695. The number of nitrogens with zero attached hydrogens (tertiary/aromatic N) is 1. The fourth-order valence-electron chi connectivity index (χ4n) is 3.34. The lowest BCUT2D eigenvalue weighted by atomic mass is 9.99. The molecule has 96 valence electrons. The van der Waals surface area contributed by atoms with E-state index in [1.807, 2.05) is 12.4 Å². The van der Waals surface area contributed by atoms with Crippen LogP contribution in [0.4, 0.5) is 0 Å². The van der Waals surface area contributed by atoms with Gasteiger partial charge in [-0.3, -0.25) is 4.98 Å². The second-order valence-corrected chi connectivity index (χ2v) is 6.13. The van der Waals surface area contributed by atoms with Crippen LogP contribution in [0.3, 0.4) is 0 Å². The van der Waals surface area contributed by atoms with Gasteiger partial charge >= 0.3 is 0 Å². The average Bonchev–Trinajstić information content (AvgIpc) is 3.05. The van der Waals surface area contributed by atoms with E-state index in [4.69, 9.17) is 0 Å². The first-order valence-electron chi connectivity index (χ1n) is 7.44. The first-order chi connectivity index (χ1) is 8.83. The Morgan fingerprint density at radius 1 is 1.11 bits per heavy atom. The molecule has 1 heteroatoms. The molecule has 0 N–H and O–H groups in total. The van der Waals surface area contributed by atoms with Crippen molar-refractivity contribution in [3.63, 3.8) is 0 Å². The predicted molar refractivity (Wildman–Crippen MR) is 76.2 cm³/mol. The zero-order valence-corrected chi connectivity index (χ0v) is 11.4. The third-order valence-electron chi connectivity index (χ3n) is 4.63. The summed E-state index contributed by atoms with van der Waals surface area (Å²) in [6.07, 6.45) is 14.9. The van der Waals surface area contributed by atoms with Crippen LogP contribution in [0.1, 0.15) is 63.9 Å². The van der Waals surface area contributed by atoms with Crippen molar-refractivity contribution in [1.29, 1.82) is 0 Å². The van der Waals surface area contributed by atoms with Crippen molar-refractivity contribution >= 4 is 5.57 Å². The Balaban J connectivity index is 1.79. The second kappa shape index (κ2) is 4.87. The van der Waals surface area contributed by atoms with E-state index in [-0.39, 0.29) is 0 Å². The smallest absolute Gasteiger partial charge is 0.0273 e. The molecule has 0 unspecified atom stereocenters. The summed E-state index contributed by atoms with van der Waals surface area (Å²) < 4.78 is 0. The third-order valence-corrected chi connectivity index (χ3v) is 4.63. The minimum absolute atomic E-state index is 0.695. The van der Waals surface area contributed by atoms with Gasteiger partial charge in [0.25, 0.3) is 0 Å². The molecule has 1 heterocycles. The summed E-state index contributed by atoms with van der Waals surface area (Å²) in [5, 5.41) is 0. The largest absolute Gasteiger partial charge is 0.265 e. The lowest BCUT2D eigenvalue weighted by Crippen LogP contribution is -1.92. The molecule has 2 aliphatic rings. The average molecular weight is 241 g/mol. The second-order valence-electron chi connectivity index (χ2n) is 6.13. The van der Waals surface area contributed by atoms with Crippen molar-refractivity contribution in [1.82, 2.24) is 4.98 Å². The van der Waals surface area contributed by atoms with E-state index in [9.17, 15) is 0 Å². The van der Waals surface area contributed by atoms with Crippen LogP contribution in [0, 0.1) is 5.41 Å². The molecule has 3 rings (SSSR count). The minimum Gasteiger partial charge on any atom is -0.265 e. The number of pyridine rings is 1. The summed E-state index contributed by atoms with van der Waals surface area (Å²) in [5.74, 6) is 0. The van der Waals surface area contributed by atoms with Crippen molar-refractivity contribution < 1.29 is 0 Å². The van der Waals surface area contributed by atoms with Crippen LogP contribution in [0.15, 0.2) is 30.1 Å². The molecule has 0 aromatic carbocycles. The van der Waals surface area contributed by atoms with E-state index in [0.29, 0.717) is 5.41 Å². The van der Waals surface area contributed by atoms with E-state index in [0.717, 1.165) is 0 Å². The molecule has 1 spiro atoms. The van der Waals surface area contributed by atoms with Gasteiger partial charge in [0.2, 0.25) is 0 Å². The van der Waals surface area contributed by atoms with Gasteiger partial charge in [-0.05, 0) is 67.2 Å². The molecule has 0 saturated heterocycles. The summed E-state index contributed by atoms with van der Waals surface area (Å²) in [6.45, 7) is 2.29. The Bertz CT molecular complexity index is 440. The molecule has 0 bridgehead atoms. The first-order valence-corrected chi connectivity index (χ1v) is 7.44. The standard InChI is InChI=1S/C17H23N/c1-2-3-4-5-15-12-17(8-9-17)13-16(15)14-6-10-18-11-7-14/h6-7,10-11H,2-5,8-9,12-13H2,1H3. The van der Waals surface area contributed by atoms with Crippen LogP contribution in [0.25, 0.3) is 5.57 Å². The third kappa shape index (κ3) is 2.36. The van der Waals surface area contributed by atoms with Crippen molar-refractivity contribution in [3.05, 3.63) is 35.7 Å². The number of rotatable bonds is 5. The molecule has 0 atom stereocenters. The number of allylic oxidation sites excluding steroid dienone is 2. The van der Waals surface area contributed by atoms with Gasteiger partial charge in [-0.25, -0.2) is 0 Å². The summed E-state index contributed by atoms with van der Waals surface area (Å²) >= 11 is 0. The Hall–Kier alpha value is -1.11. The van der Waals surface area contributed by atoms with Crippen LogP contribution in [-0.2, 0) is 0 Å². The highest BCUT2D eigenvalue weighted by atomic mass is 14.6. The van der Waals surface area contributed by atoms with Crippen molar-refractivity contribution in [2.24, 2.45) is 5.41 Å². The maximum atomic E-state index is 4.15. The Labute approximate surface area is 110 Å². The van der Waals surface area contributed by atoms with Gasteiger partial charge in [-0.15, -0.1) is 0 Å². The van der Waals surface area contributed by atoms with Gasteiger partial charge in [-0.2, -0.15) is 0 Å². The Morgan fingerprint density at radius 3 is 2.56 bits per heavy atom. The molecule has 1 aromatic heterocycles. The van der Waals surface area contributed by atoms with Crippen LogP contribution in [0.5, 0.6) is 0 Å². The highest BCUT2D eigenvalue weighted by molar-refractivity contribution is 5.72. The topological polar surface area (TPSA) is 12.9 Å². The summed E-state index contributed by atoms with van der Waals surface area (Å²) in [5.41, 5.74) is 5.54. The van der Waals surface area contributed by atoms with E-state index in [1.54, 1.807) is 11.1 Å². The molecule has 0 radical (unpaired) electrons. The summed E-state index contributed by atoms with van der Waals surface area (Å²) in [7, 11) is 0. The van der Waals surface area contributed by atoms with Crippen LogP contribution >= 0.6 is 0 Å². The number of hydrogen-bond donors (Lipinski definition) is 0. The molecule has 2 aliphatic carbocycles. The van der Waals surface area contributed by atoms with Crippen molar-refractivity contribution in [3.8, 4) is 0 Å². The van der Waals surface area contributed by atoms with Gasteiger partial charge in [-0.1, -0.05) is 25.3 Å². The van der Waals surface area contributed by atoms with Gasteiger partial charge in [0.15, 0.2) is 0 Å². The Morgan fingerprint density at radius 2 is 1.89 bits per heavy atom. The van der Waals surface area contributed by atoms with Crippen LogP contribution in [0.2, 0.25) is 0 Å². The molecule has 0 amide bonds. The molecule has 1 fully saturated rings. The van der Waals surface area contributed by atoms with Gasteiger partial charge in [0.05, 0.1) is 0 Å². The van der Waals surface area contributed by atoms with E-state index in [1.165, 1.54) is 56.9 Å². The first kappa shape index (κ1) is 12.0. The van der Waals surface area contributed by atoms with Gasteiger partial charge in [0.1, 0.15) is 0 Å². The van der Waals surface area contributed by atoms with Gasteiger partial charge < -0.3 is 0 Å². The lowest BCUT2D eigenvalue weighted by molar-refractivity contribution is 0.542. The quantitative estimate of drug-likeness (QED) is 0.662.